The molecule has 0 aliphatic heterocycles. The summed E-state index contributed by atoms with van der Waals surface area (Å²) in [5.41, 5.74) is 7.49. The zero-order chi connectivity index (χ0) is 9.64. The lowest BCUT2D eigenvalue weighted by Gasteiger charge is -2.06. The number of aromatic nitrogens is 1. The fourth-order valence-electron chi connectivity index (χ4n) is 1.61. The topological polar surface area (TPSA) is 65.6 Å². The molecule has 1 aromatic heterocycles. The predicted molar refractivity (Wildman–Crippen MR) is 54.2 cm³/mol. The van der Waals surface area contributed by atoms with E-state index in [0.29, 0.717) is 11.4 Å². The number of nitrogen functional groups attached to an aromatic ring is 1. The van der Waals surface area contributed by atoms with Crippen molar-refractivity contribution in [3.8, 4) is 6.07 Å². The molecule has 0 amide bonds. The second kappa shape index (κ2) is 2.52. The molecule has 1 aromatic rings. The summed E-state index contributed by atoms with van der Waals surface area (Å²) in [6.07, 6.45) is 2.27. The predicted octanol–water partition coefficient (Wildman–Crippen LogP) is 2.28. The van der Waals surface area contributed by atoms with Crippen LogP contribution in [0.4, 0.5) is 5.82 Å². The van der Waals surface area contributed by atoms with Crippen LogP contribution in [0.5, 0.6) is 0 Å². The maximum absolute atomic E-state index is 8.93. The third-order valence-electron chi connectivity index (χ3n) is 2.70. The molecule has 1 aliphatic rings. The van der Waals surface area contributed by atoms with Crippen LogP contribution in [0.15, 0.2) is 4.60 Å². The zero-order valence-corrected chi connectivity index (χ0v) is 8.90. The minimum Gasteiger partial charge on any atom is -0.384 e. The van der Waals surface area contributed by atoms with Crippen molar-refractivity contribution in [2.45, 2.75) is 25.2 Å². The number of nitrogens with one attached hydrogen (secondary N) is 1. The van der Waals surface area contributed by atoms with Crippen LogP contribution in [0.2, 0.25) is 0 Å². The van der Waals surface area contributed by atoms with Crippen LogP contribution < -0.4 is 5.73 Å². The van der Waals surface area contributed by atoms with Gasteiger partial charge in [-0.3, -0.25) is 0 Å². The van der Waals surface area contributed by atoms with Crippen LogP contribution >= 0.6 is 15.9 Å². The molecule has 0 aromatic carbocycles. The summed E-state index contributed by atoms with van der Waals surface area (Å²) < 4.78 is 0.863. The summed E-state index contributed by atoms with van der Waals surface area (Å²) in [6.45, 7) is 2.15. The number of H-pyrrole nitrogens is 1. The fraction of sp³-hybridized carbons (Fsp3) is 0.444. The van der Waals surface area contributed by atoms with Gasteiger partial charge in [-0.2, -0.15) is 5.26 Å². The van der Waals surface area contributed by atoms with E-state index in [1.165, 1.54) is 0 Å². The molecule has 0 saturated heterocycles. The van der Waals surface area contributed by atoms with Gasteiger partial charge in [0, 0.05) is 5.56 Å². The molecule has 0 bridgehead atoms. The van der Waals surface area contributed by atoms with Gasteiger partial charge < -0.3 is 10.7 Å². The number of anilines is 1. The van der Waals surface area contributed by atoms with Crippen LogP contribution in [0.3, 0.4) is 0 Å². The monoisotopic (exact) mass is 239 g/mol. The number of nitriles is 1. The van der Waals surface area contributed by atoms with Gasteiger partial charge in [0.25, 0.3) is 0 Å². The summed E-state index contributed by atoms with van der Waals surface area (Å²) in [5, 5.41) is 8.93. The number of nitrogens with zero attached hydrogens (tertiary/aromatic N) is 1. The van der Waals surface area contributed by atoms with Crippen molar-refractivity contribution in [2.75, 3.05) is 5.73 Å². The summed E-state index contributed by atoms with van der Waals surface area (Å²) >= 11 is 3.40. The van der Waals surface area contributed by atoms with E-state index in [2.05, 4.69) is 33.9 Å². The number of halogens is 1. The highest BCUT2D eigenvalue weighted by molar-refractivity contribution is 9.10. The SMILES string of the molecule is CC1(c2c(Br)[nH]c(N)c2C#N)CC1. The first-order valence-corrected chi connectivity index (χ1v) is 4.95. The molecule has 0 unspecified atom stereocenters. The average Bonchev–Trinajstić information content (AvgIpc) is 2.71. The summed E-state index contributed by atoms with van der Waals surface area (Å²) in [6, 6.07) is 2.14. The average molecular weight is 240 g/mol. The van der Waals surface area contributed by atoms with E-state index < -0.39 is 0 Å². The van der Waals surface area contributed by atoms with Gasteiger partial charge in [0.1, 0.15) is 11.9 Å². The van der Waals surface area contributed by atoms with Gasteiger partial charge in [0.15, 0.2) is 0 Å². The van der Waals surface area contributed by atoms with Gasteiger partial charge in [-0.15, -0.1) is 0 Å². The molecule has 4 heteroatoms. The van der Waals surface area contributed by atoms with Crippen molar-refractivity contribution in [1.82, 2.24) is 4.98 Å². The molecule has 0 radical (unpaired) electrons. The number of rotatable bonds is 1. The van der Waals surface area contributed by atoms with Crippen molar-refractivity contribution in [1.29, 1.82) is 5.26 Å². The van der Waals surface area contributed by atoms with Crippen LogP contribution in [0.1, 0.15) is 30.9 Å². The Morgan fingerprint density at radius 3 is 2.69 bits per heavy atom. The van der Waals surface area contributed by atoms with E-state index in [9.17, 15) is 0 Å². The summed E-state index contributed by atoms with van der Waals surface area (Å²) in [7, 11) is 0. The van der Waals surface area contributed by atoms with E-state index in [4.69, 9.17) is 11.0 Å². The van der Waals surface area contributed by atoms with Crippen LogP contribution in [-0.2, 0) is 5.41 Å². The molecule has 1 saturated carbocycles. The minimum atomic E-state index is 0.165. The Morgan fingerprint density at radius 1 is 1.62 bits per heavy atom. The molecule has 1 fully saturated rings. The van der Waals surface area contributed by atoms with Gasteiger partial charge in [0.05, 0.1) is 10.2 Å². The van der Waals surface area contributed by atoms with Gasteiger partial charge in [-0.05, 0) is 34.2 Å². The number of hydrogen-bond donors (Lipinski definition) is 2. The van der Waals surface area contributed by atoms with Gasteiger partial charge in [-0.25, -0.2) is 0 Å². The summed E-state index contributed by atoms with van der Waals surface area (Å²) in [5.74, 6) is 0.470. The Labute approximate surface area is 85.1 Å². The third-order valence-corrected chi connectivity index (χ3v) is 3.29. The second-order valence-electron chi connectivity index (χ2n) is 3.78. The highest BCUT2D eigenvalue weighted by Gasteiger charge is 2.43. The largest absolute Gasteiger partial charge is 0.384 e. The smallest absolute Gasteiger partial charge is 0.120 e. The van der Waals surface area contributed by atoms with E-state index in [1.54, 1.807) is 0 Å². The van der Waals surface area contributed by atoms with Crippen molar-refractivity contribution < 1.29 is 0 Å². The first-order valence-electron chi connectivity index (χ1n) is 4.16. The van der Waals surface area contributed by atoms with E-state index in [0.717, 1.165) is 23.0 Å². The van der Waals surface area contributed by atoms with Crippen LogP contribution in [0, 0.1) is 11.3 Å². The quantitative estimate of drug-likeness (QED) is 0.790. The molecular weight excluding hydrogens is 230 g/mol. The van der Waals surface area contributed by atoms with Crippen molar-refractivity contribution in [2.24, 2.45) is 0 Å². The third kappa shape index (κ3) is 1.15. The van der Waals surface area contributed by atoms with Gasteiger partial charge in [-0.1, -0.05) is 6.92 Å². The Hall–Kier alpha value is -0.950. The first kappa shape index (κ1) is 8.64. The maximum Gasteiger partial charge on any atom is 0.120 e. The minimum absolute atomic E-state index is 0.165. The lowest BCUT2D eigenvalue weighted by Crippen LogP contribution is -2.01. The van der Waals surface area contributed by atoms with Crippen LogP contribution in [0.25, 0.3) is 0 Å². The van der Waals surface area contributed by atoms with E-state index >= 15 is 0 Å². The van der Waals surface area contributed by atoms with E-state index in [-0.39, 0.29) is 5.41 Å². The standard InChI is InChI=1S/C9H10BrN3/c1-9(2-3-9)6-5(4-11)8(12)13-7(6)10/h13H,2-3,12H2,1H3. The molecule has 1 aliphatic carbocycles. The first-order chi connectivity index (χ1) is 6.08. The Morgan fingerprint density at radius 2 is 2.23 bits per heavy atom. The Bertz CT molecular complexity index is 396. The number of aromatic amines is 1. The van der Waals surface area contributed by atoms with Crippen molar-refractivity contribution in [3.63, 3.8) is 0 Å². The van der Waals surface area contributed by atoms with Crippen molar-refractivity contribution >= 4 is 21.7 Å². The maximum atomic E-state index is 8.93. The summed E-state index contributed by atoms with van der Waals surface area (Å²) in [4.78, 5) is 2.95. The number of hydrogen-bond acceptors (Lipinski definition) is 2. The van der Waals surface area contributed by atoms with Crippen molar-refractivity contribution in [3.05, 3.63) is 15.7 Å². The molecule has 3 nitrogen and oxygen atoms in total. The molecule has 13 heavy (non-hydrogen) atoms. The molecule has 3 N–H and O–H groups in total. The van der Waals surface area contributed by atoms with Gasteiger partial charge >= 0.3 is 0 Å². The highest BCUT2D eigenvalue weighted by Crippen LogP contribution is 2.52. The second-order valence-corrected chi connectivity index (χ2v) is 4.57. The number of nitrogens with two attached hydrogens (primary N) is 1. The van der Waals surface area contributed by atoms with Crippen LogP contribution in [-0.4, -0.2) is 4.98 Å². The molecule has 0 spiro atoms. The zero-order valence-electron chi connectivity index (χ0n) is 7.32. The fourth-order valence-corrected chi connectivity index (χ4v) is 2.50. The Balaban J connectivity index is 2.62. The lowest BCUT2D eigenvalue weighted by molar-refractivity contribution is 0.781. The molecular formula is C9H10BrN3. The normalized spacial score (nSPS) is 18.2. The molecule has 1 heterocycles. The molecule has 68 valence electrons. The van der Waals surface area contributed by atoms with E-state index in [1.807, 2.05) is 0 Å². The molecule has 0 atom stereocenters. The van der Waals surface area contributed by atoms with Gasteiger partial charge in [0.2, 0.25) is 0 Å². The highest BCUT2D eigenvalue weighted by atomic mass is 79.9. The lowest BCUT2D eigenvalue weighted by atomic mass is 9.98. The Kier molecular flexibility index (Phi) is 1.67. The molecule has 2 rings (SSSR count).